The van der Waals surface area contributed by atoms with Gasteiger partial charge in [-0.1, -0.05) is 48.5 Å². The Morgan fingerprint density at radius 2 is 1.46 bits per heavy atom. The summed E-state index contributed by atoms with van der Waals surface area (Å²) in [5, 5.41) is 2.89. The molecule has 35 heavy (non-hydrogen) atoms. The second-order valence-electron chi connectivity index (χ2n) is 8.17. The summed E-state index contributed by atoms with van der Waals surface area (Å²) in [6.07, 6.45) is 0. The van der Waals surface area contributed by atoms with E-state index in [0.717, 1.165) is 11.1 Å². The lowest BCUT2D eigenvalue weighted by Gasteiger charge is -2.13. The van der Waals surface area contributed by atoms with Gasteiger partial charge in [-0.25, -0.2) is 9.78 Å². The lowest BCUT2D eigenvalue weighted by atomic mass is 10.1. The number of hydrogen-bond acceptors (Lipinski definition) is 5. The summed E-state index contributed by atoms with van der Waals surface area (Å²) < 4.78 is 11.7. The molecule has 0 atom stereocenters. The number of ether oxygens (including phenoxy) is 1. The van der Waals surface area contributed by atoms with Crippen LogP contribution < -0.4 is 10.1 Å². The zero-order valence-corrected chi connectivity index (χ0v) is 19.2. The third-order valence-corrected chi connectivity index (χ3v) is 5.72. The van der Waals surface area contributed by atoms with Gasteiger partial charge in [-0.15, -0.1) is 0 Å². The predicted molar refractivity (Wildman–Crippen MR) is 135 cm³/mol. The van der Waals surface area contributed by atoms with Crippen molar-refractivity contribution in [2.75, 3.05) is 5.32 Å². The number of anilines is 1. The normalized spacial score (nSPS) is 10.8. The molecule has 6 nitrogen and oxygen atoms in total. The third kappa shape index (κ3) is 4.54. The maximum absolute atomic E-state index is 13.0. The van der Waals surface area contributed by atoms with Crippen LogP contribution in [0.25, 0.3) is 22.6 Å². The number of benzene rings is 4. The Morgan fingerprint density at radius 3 is 2.17 bits per heavy atom. The highest BCUT2D eigenvalue weighted by molar-refractivity contribution is 6.05. The maximum atomic E-state index is 13.0. The summed E-state index contributed by atoms with van der Waals surface area (Å²) in [4.78, 5) is 30.4. The highest BCUT2D eigenvalue weighted by Gasteiger charge is 2.19. The minimum absolute atomic E-state index is 0.229. The Bertz CT molecular complexity index is 1540. The average molecular weight is 463 g/mol. The molecule has 0 radical (unpaired) electrons. The van der Waals surface area contributed by atoms with Crippen molar-refractivity contribution in [2.24, 2.45) is 0 Å². The number of carbonyl (C=O) groups excluding carboxylic acids is 2. The number of oxazole rings is 1. The van der Waals surface area contributed by atoms with Crippen molar-refractivity contribution in [1.82, 2.24) is 4.98 Å². The Kier molecular flexibility index (Phi) is 5.85. The molecule has 0 aliphatic rings. The minimum atomic E-state index is -0.511. The molecule has 1 aromatic heterocycles. The topological polar surface area (TPSA) is 81.4 Å². The number of para-hydroxylation sites is 2. The van der Waals surface area contributed by atoms with Crippen LogP contribution in [0.5, 0.6) is 5.75 Å². The fourth-order valence-corrected chi connectivity index (χ4v) is 3.83. The predicted octanol–water partition coefficient (Wildman–Crippen LogP) is 6.58. The monoisotopic (exact) mass is 462 g/mol. The number of rotatable bonds is 5. The molecule has 172 valence electrons. The van der Waals surface area contributed by atoms with E-state index < -0.39 is 5.97 Å². The highest BCUT2D eigenvalue weighted by atomic mass is 16.5. The highest BCUT2D eigenvalue weighted by Crippen LogP contribution is 2.35. The summed E-state index contributed by atoms with van der Waals surface area (Å²) in [7, 11) is 0. The Morgan fingerprint density at radius 1 is 0.800 bits per heavy atom. The van der Waals surface area contributed by atoms with Gasteiger partial charge in [-0.3, -0.25) is 4.79 Å². The fraction of sp³-hybridized carbons (Fsp3) is 0.0690. The van der Waals surface area contributed by atoms with E-state index in [2.05, 4.69) is 10.3 Å². The molecule has 1 amide bonds. The largest absolute Gasteiger partial charge is 0.436 e. The first kappa shape index (κ1) is 22.1. The summed E-state index contributed by atoms with van der Waals surface area (Å²) in [6, 6.07) is 27.0. The molecule has 0 saturated carbocycles. The molecule has 5 rings (SSSR count). The molecule has 1 N–H and O–H groups in total. The average Bonchev–Trinajstić information content (AvgIpc) is 3.28. The van der Waals surface area contributed by atoms with E-state index in [1.54, 1.807) is 36.4 Å². The first-order valence-electron chi connectivity index (χ1n) is 11.1. The van der Waals surface area contributed by atoms with Gasteiger partial charge in [0.1, 0.15) is 11.3 Å². The second-order valence-corrected chi connectivity index (χ2v) is 8.17. The number of carbonyl (C=O) groups is 2. The van der Waals surface area contributed by atoms with Crippen molar-refractivity contribution in [3.8, 4) is 17.2 Å². The summed E-state index contributed by atoms with van der Waals surface area (Å²) in [5.74, 6) is -0.223. The van der Waals surface area contributed by atoms with E-state index in [-0.39, 0.29) is 11.7 Å². The van der Waals surface area contributed by atoms with Crippen LogP contribution in [0.1, 0.15) is 31.8 Å². The van der Waals surface area contributed by atoms with E-state index in [1.165, 1.54) is 0 Å². The van der Waals surface area contributed by atoms with Gasteiger partial charge < -0.3 is 14.5 Å². The second kappa shape index (κ2) is 9.27. The molecule has 0 aliphatic carbocycles. The van der Waals surface area contributed by atoms with E-state index >= 15 is 0 Å². The molecule has 0 bridgehead atoms. The van der Waals surface area contributed by atoms with Crippen molar-refractivity contribution < 1.29 is 18.7 Å². The first-order chi connectivity index (χ1) is 17.0. The van der Waals surface area contributed by atoms with Crippen molar-refractivity contribution in [1.29, 1.82) is 0 Å². The van der Waals surface area contributed by atoms with Gasteiger partial charge in [0.2, 0.25) is 5.89 Å². The van der Waals surface area contributed by atoms with Gasteiger partial charge in [0.25, 0.3) is 5.91 Å². The standard InChI is InChI=1S/C29H22N2O4/c1-18-9-3-5-11-21(18)27(32)30-20-15-16-23(28-31-24-13-7-8-14-25(24)34-28)26(17-20)35-29(33)22-12-6-4-10-19(22)2/h3-17H,1-2H3,(H,30,32). The molecular formula is C29H22N2O4. The van der Waals surface area contributed by atoms with Crippen LogP contribution in [0.3, 0.4) is 0 Å². The number of fused-ring (bicyclic) bond motifs is 1. The van der Waals surface area contributed by atoms with E-state index in [1.807, 2.05) is 68.4 Å². The van der Waals surface area contributed by atoms with Crippen molar-refractivity contribution in [2.45, 2.75) is 13.8 Å². The molecule has 0 aliphatic heterocycles. The molecule has 4 aromatic carbocycles. The number of nitrogens with one attached hydrogen (secondary N) is 1. The number of hydrogen-bond donors (Lipinski definition) is 1. The van der Waals surface area contributed by atoms with E-state index in [0.29, 0.717) is 39.4 Å². The van der Waals surface area contributed by atoms with Crippen LogP contribution in [0.15, 0.2) is 95.4 Å². The molecular weight excluding hydrogens is 440 g/mol. The van der Waals surface area contributed by atoms with Crippen LogP contribution in [0, 0.1) is 13.8 Å². The third-order valence-electron chi connectivity index (χ3n) is 5.72. The minimum Gasteiger partial charge on any atom is -0.436 e. The van der Waals surface area contributed by atoms with Crippen LogP contribution in [-0.4, -0.2) is 16.9 Å². The lowest BCUT2D eigenvalue weighted by Crippen LogP contribution is -2.14. The molecule has 0 saturated heterocycles. The quantitative estimate of drug-likeness (QED) is 0.236. The smallest absolute Gasteiger partial charge is 0.343 e. The molecule has 1 heterocycles. The zero-order chi connectivity index (χ0) is 24.4. The summed E-state index contributed by atoms with van der Waals surface area (Å²) in [6.45, 7) is 3.72. The fourth-order valence-electron chi connectivity index (χ4n) is 3.83. The Balaban J connectivity index is 1.53. The number of esters is 1. The van der Waals surface area contributed by atoms with E-state index in [9.17, 15) is 9.59 Å². The van der Waals surface area contributed by atoms with Crippen LogP contribution in [0.4, 0.5) is 5.69 Å². The van der Waals surface area contributed by atoms with Crippen LogP contribution >= 0.6 is 0 Å². The number of aryl methyl sites for hydroxylation is 2. The van der Waals surface area contributed by atoms with Gasteiger partial charge in [0.05, 0.1) is 11.1 Å². The number of amides is 1. The van der Waals surface area contributed by atoms with Gasteiger partial charge in [0, 0.05) is 17.3 Å². The van der Waals surface area contributed by atoms with Crippen molar-refractivity contribution in [3.05, 3.63) is 113 Å². The number of nitrogens with zero attached hydrogens (tertiary/aromatic N) is 1. The molecule has 0 unspecified atom stereocenters. The SMILES string of the molecule is Cc1ccccc1C(=O)Nc1ccc(-c2nc3ccccc3o2)c(OC(=O)c2ccccc2C)c1. The van der Waals surface area contributed by atoms with Crippen LogP contribution in [0.2, 0.25) is 0 Å². The zero-order valence-electron chi connectivity index (χ0n) is 19.2. The first-order valence-corrected chi connectivity index (χ1v) is 11.1. The summed E-state index contributed by atoms with van der Waals surface area (Å²) >= 11 is 0. The lowest BCUT2D eigenvalue weighted by molar-refractivity contribution is 0.0734. The van der Waals surface area contributed by atoms with E-state index in [4.69, 9.17) is 9.15 Å². The summed E-state index contributed by atoms with van der Waals surface area (Å²) in [5.41, 5.74) is 4.96. The molecule has 0 fully saturated rings. The van der Waals surface area contributed by atoms with Gasteiger partial charge in [0.15, 0.2) is 5.58 Å². The Labute approximate surface area is 202 Å². The molecule has 6 heteroatoms. The van der Waals surface area contributed by atoms with Gasteiger partial charge in [-0.2, -0.15) is 0 Å². The number of aromatic nitrogens is 1. The molecule has 5 aromatic rings. The van der Waals surface area contributed by atoms with Crippen LogP contribution in [-0.2, 0) is 0 Å². The van der Waals surface area contributed by atoms with Crippen molar-refractivity contribution >= 4 is 28.7 Å². The van der Waals surface area contributed by atoms with Gasteiger partial charge in [-0.05, 0) is 61.4 Å². The maximum Gasteiger partial charge on any atom is 0.343 e. The van der Waals surface area contributed by atoms with Gasteiger partial charge >= 0.3 is 5.97 Å². The molecule has 0 spiro atoms. The van der Waals surface area contributed by atoms with Crippen molar-refractivity contribution in [3.63, 3.8) is 0 Å². The Hall–Kier alpha value is -4.71.